The molecule has 1 aliphatic rings. The molecule has 1 fully saturated rings. The van der Waals surface area contributed by atoms with Gasteiger partial charge in [0.1, 0.15) is 17.8 Å². The highest BCUT2D eigenvalue weighted by Gasteiger charge is 2.33. The predicted octanol–water partition coefficient (Wildman–Crippen LogP) is 4.84. The van der Waals surface area contributed by atoms with Gasteiger partial charge in [0.05, 0.1) is 28.5 Å². The van der Waals surface area contributed by atoms with Gasteiger partial charge in [0, 0.05) is 29.0 Å². The predicted molar refractivity (Wildman–Crippen MR) is 143 cm³/mol. The lowest BCUT2D eigenvalue weighted by Gasteiger charge is -2.24. The van der Waals surface area contributed by atoms with E-state index < -0.39 is 27.8 Å². The van der Waals surface area contributed by atoms with Gasteiger partial charge in [-0.15, -0.1) is 0 Å². The number of likely N-dealkylation sites (tertiary alicyclic amines) is 1. The van der Waals surface area contributed by atoms with Gasteiger partial charge in [-0.05, 0) is 54.9 Å². The fourth-order valence-corrected chi connectivity index (χ4v) is 6.22. The summed E-state index contributed by atoms with van der Waals surface area (Å²) in [5.41, 5.74) is -0.225. The molecule has 1 aliphatic heterocycles. The summed E-state index contributed by atoms with van der Waals surface area (Å²) >= 11 is 3.42. The van der Waals surface area contributed by atoms with Crippen molar-refractivity contribution in [2.75, 3.05) is 13.1 Å². The van der Waals surface area contributed by atoms with Crippen molar-refractivity contribution in [1.82, 2.24) is 18.8 Å². The Hall–Kier alpha value is -3.69. The van der Waals surface area contributed by atoms with Gasteiger partial charge in [0.2, 0.25) is 0 Å². The highest BCUT2D eigenvalue weighted by Crippen LogP contribution is 2.40. The quantitative estimate of drug-likeness (QED) is 0.327. The van der Waals surface area contributed by atoms with Gasteiger partial charge in [0.25, 0.3) is 10.0 Å². The van der Waals surface area contributed by atoms with Crippen LogP contribution in [0.4, 0.5) is 4.79 Å². The zero-order chi connectivity index (χ0) is 27.2. The second-order valence-electron chi connectivity index (χ2n) is 9.87. The van der Waals surface area contributed by atoms with E-state index in [9.17, 15) is 18.5 Å². The van der Waals surface area contributed by atoms with E-state index in [0.29, 0.717) is 28.2 Å². The third-order valence-corrected chi connectivity index (χ3v) is 8.15. The summed E-state index contributed by atoms with van der Waals surface area (Å²) in [5.74, 6) is 0.146. The monoisotopic (exact) mass is 597 g/mol. The van der Waals surface area contributed by atoms with E-state index in [1.165, 1.54) is 24.5 Å². The molecule has 1 aromatic carbocycles. The molecule has 38 heavy (non-hydrogen) atoms. The normalized spacial score (nSPS) is 16.1. The Morgan fingerprint density at radius 1 is 1.18 bits per heavy atom. The molecule has 1 unspecified atom stereocenters. The largest absolute Gasteiger partial charge is 0.485 e. The Morgan fingerprint density at radius 3 is 2.61 bits per heavy atom. The molecule has 0 radical (unpaired) electrons. The van der Waals surface area contributed by atoms with Crippen LogP contribution in [-0.2, 0) is 14.8 Å². The third kappa shape index (κ3) is 4.68. The molecule has 4 heterocycles. The van der Waals surface area contributed by atoms with Gasteiger partial charge in [0.15, 0.2) is 17.1 Å². The summed E-state index contributed by atoms with van der Waals surface area (Å²) in [4.78, 5) is 22.8. The molecule has 4 aromatic rings. The zero-order valence-electron chi connectivity index (χ0n) is 20.9. The van der Waals surface area contributed by atoms with Gasteiger partial charge in [-0.3, -0.25) is 0 Å². The van der Waals surface area contributed by atoms with Crippen LogP contribution in [0, 0.1) is 11.3 Å². The third-order valence-electron chi connectivity index (χ3n) is 6.00. The topological polar surface area (TPSA) is 127 Å². The molecular weight excluding hydrogens is 574 g/mol. The van der Waals surface area contributed by atoms with Crippen molar-refractivity contribution < 1.29 is 22.7 Å². The number of amides is 1. The lowest BCUT2D eigenvalue weighted by molar-refractivity contribution is 0.0276. The molecule has 1 saturated heterocycles. The Bertz CT molecular complexity index is 1710. The van der Waals surface area contributed by atoms with Crippen LogP contribution in [0.5, 0.6) is 5.75 Å². The van der Waals surface area contributed by atoms with E-state index in [-0.39, 0.29) is 34.0 Å². The maximum absolute atomic E-state index is 13.8. The van der Waals surface area contributed by atoms with E-state index in [1.54, 1.807) is 49.9 Å². The van der Waals surface area contributed by atoms with Crippen LogP contribution in [-0.4, -0.2) is 58.1 Å². The molecule has 0 aliphatic carbocycles. The number of halogens is 1. The van der Waals surface area contributed by atoms with E-state index in [2.05, 4.69) is 32.0 Å². The van der Waals surface area contributed by atoms with Crippen LogP contribution in [0.15, 0.2) is 58.2 Å². The molecule has 5 rings (SSSR count). The van der Waals surface area contributed by atoms with E-state index >= 15 is 0 Å². The summed E-state index contributed by atoms with van der Waals surface area (Å²) in [6.07, 6.45) is 2.46. The summed E-state index contributed by atoms with van der Waals surface area (Å²) in [5, 5.41) is 10.7. The van der Waals surface area contributed by atoms with E-state index in [4.69, 9.17) is 9.47 Å². The number of hydrogen-bond acceptors (Lipinski definition) is 8. The summed E-state index contributed by atoms with van der Waals surface area (Å²) in [6.45, 7) is 6.06. The lowest BCUT2D eigenvalue weighted by atomic mass is 10.1. The van der Waals surface area contributed by atoms with Crippen molar-refractivity contribution in [1.29, 1.82) is 5.26 Å². The molecule has 0 N–H and O–H groups in total. The molecule has 1 amide bonds. The number of hydrogen-bond donors (Lipinski definition) is 0. The maximum atomic E-state index is 13.8. The molecular formula is C26H24BrN5O5S. The number of aromatic nitrogens is 3. The standard InChI is InChI=1S/C26H24BrN5O5S/c1-26(2,3)37-25(33)31-10-9-17(15-31)36-23-20(12-28)29-14-21-22(23)19-11-16(27)13-30-24(19)32(21)38(34,35)18-7-5-4-6-8-18/h4-8,11,13-14,17H,9-10,15H2,1-3H3. The molecule has 10 nitrogen and oxygen atoms in total. The van der Waals surface area contributed by atoms with Gasteiger partial charge >= 0.3 is 6.09 Å². The number of nitriles is 1. The zero-order valence-corrected chi connectivity index (χ0v) is 23.3. The van der Waals surface area contributed by atoms with E-state index in [0.717, 1.165) is 3.97 Å². The summed E-state index contributed by atoms with van der Waals surface area (Å²) < 4.78 is 41.1. The van der Waals surface area contributed by atoms with Crippen molar-refractivity contribution in [2.24, 2.45) is 0 Å². The van der Waals surface area contributed by atoms with Crippen LogP contribution in [0.3, 0.4) is 0 Å². The fraction of sp³-hybridized carbons (Fsp3) is 0.308. The number of pyridine rings is 2. The Labute approximate surface area is 228 Å². The highest BCUT2D eigenvalue weighted by molar-refractivity contribution is 9.10. The lowest BCUT2D eigenvalue weighted by Crippen LogP contribution is -2.36. The Balaban J connectivity index is 1.64. The Kier molecular flexibility index (Phi) is 6.53. The summed E-state index contributed by atoms with van der Waals surface area (Å²) in [7, 11) is -4.07. The molecule has 3 aromatic heterocycles. The summed E-state index contributed by atoms with van der Waals surface area (Å²) in [6, 6.07) is 11.8. The van der Waals surface area contributed by atoms with Crippen LogP contribution < -0.4 is 4.74 Å². The van der Waals surface area contributed by atoms with Crippen molar-refractivity contribution >= 4 is 54.0 Å². The van der Waals surface area contributed by atoms with Gasteiger partial charge < -0.3 is 14.4 Å². The molecule has 0 saturated carbocycles. The number of rotatable bonds is 4. The minimum Gasteiger partial charge on any atom is -0.485 e. The van der Waals surface area contributed by atoms with Crippen LogP contribution in [0.2, 0.25) is 0 Å². The fourth-order valence-electron chi connectivity index (χ4n) is 4.41. The number of nitrogens with zero attached hydrogens (tertiary/aromatic N) is 5. The molecule has 0 spiro atoms. The maximum Gasteiger partial charge on any atom is 0.410 e. The highest BCUT2D eigenvalue weighted by atomic mass is 79.9. The van der Waals surface area contributed by atoms with Crippen molar-refractivity contribution in [3.63, 3.8) is 0 Å². The first-order valence-electron chi connectivity index (χ1n) is 11.8. The first-order valence-corrected chi connectivity index (χ1v) is 14.1. The SMILES string of the molecule is CC(C)(C)OC(=O)N1CCC(Oc2c(C#N)ncc3c2c2cc(Br)cnc2n3S(=O)(=O)c2ccccc2)C1. The number of carbonyl (C=O) groups is 1. The van der Waals surface area contributed by atoms with Crippen molar-refractivity contribution in [3.8, 4) is 11.8 Å². The van der Waals surface area contributed by atoms with Gasteiger partial charge in [-0.2, -0.15) is 5.26 Å². The van der Waals surface area contributed by atoms with Crippen molar-refractivity contribution in [3.05, 3.63) is 59.0 Å². The number of carbonyl (C=O) groups excluding carboxylic acids is 1. The first-order chi connectivity index (χ1) is 18.0. The second-order valence-corrected chi connectivity index (χ2v) is 12.6. The van der Waals surface area contributed by atoms with Crippen LogP contribution in [0.25, 0.3) is 21.9 Å². The van der Waals surface area contributed by atoms with E-state index in [1.807, 2.05) is 0 Å². The smallest absolute Gasteiger partial charge is 0.410 e. The number of ether oxygens (including phenoxy) is 2. The van der Waals surface area contributed by atoms with Gasteiger partial charge in [-0.1, -0.05) is 18.2 Å². The Morgan fingerprint density at radius 2 is 1.92 bits per heavy atom. The molecule has 196 valence electrons. The molecule has 1 atom stereocenters. The van der Waals surface area contributed by atoms with Gasteiger partial charge in [-0.25, -0.2) is 27.2 Å². The minimum atomic E-state index is -4.07. The van der Waals surface area contributed by atoms with Crippen LogP contribution >= 0.6 is 15.9 Å². The van der Waals surface area contributed by atoms with Crippen molar-refractivity contribution in [2.45, 2.75) is 43.8 Å². The molecule has 12 heteroatoms. The number of benzene rings is 1. The average Bonchev–Trinajstić information content (AvgIpc) is 3.46. The molecule has 0 bridgehead atoms. The second kappa shape index (κ2) is 9.56. The van der Waals surface area contributed by atoms with Crippen LogP contribution in [0.1, 0.15) is 32.9 Å². The number of fused-ring (bicyclic) bond motifs is 3. The minimum absolute atomic E-state index is 0.00403. The first kappa shape index (κ1) is 25.9. The average molecular weight is 598 g/mol.